The molecule has 7 heteroatoms. The van der Waals surface area contributed by atoms with Crippen molar-refractivity contribution in [1.82, 2.24) is 15.1 Å². The summed E-state index contributed by atoms with van der Waals surface area (Å²) in [5, 5.41) is 18.4. The molecule has 0 saturated carbocycles. The number of hydrogen-bond acceptors (Lipinski definition) is 4. The molecule has 2 unspecified atom stereocenters. The fraction of sp³-hybridized carbons (Fsp3) is 0.643. The molecule has 1 aromatic rings. The van der Waals surface area contributed by atoms with Gasteiger partial charge in [-0.2, -0.15) is 10.4 Å². The van der Waals surface area contributed by atoms with Crippen LogP contribution in [0.5, 0.6) is 0 Å². The van der Waals surface area contributed by atoms with Gasteiger partial charge in [0.15, 0.2) is 0 Å². The second kappa shape index (κ2) is 7.64. The summed E-state index contributed by atoms with van der Waals surface area (Å²) in [6.45, 7) is 3.45. The van der Waals surface area contributed by atoms with Gasteiger partial charge in [0, 0.05) is 18.8 Å². The van der Waals surface area contributed by atoms with E-state index in [4.69, 9.17) is 10.00 Å². The van der Waals surface area contributed by atoms with Crippen LogP contribution in [-0.4, -0.2) is 34.6 Å². The number of carbonyl (C=O) groups excluding carboxylic acids is 1. The van der Waals surface area contributed by atoms with Gasteiger partial charge in [0.1, 0.15) is 0 Å². The fourth-order valence-electron chi connectivity index (χ4n) is 2.29. The van der Waals surface area contributed by atoms with Gasteiger partial charge in [0.25, 0.3) is 0 Å². The normalized spacial score (nSPS) is 19.0. The fourth-order valence-corrected chi connectivity index (χ4v) is 2.29. The molecule has 1 aromatic heterocycles. The lowest BCUT2D eigenvalue weighted by Gasteiger charge is -2.13. The Kier molecular flexibility index (Phi) is 5.58. The monoisotopic (exact) mass is 291 g/mol. The van der Waals surface area contributed by atoms with Crippen LogP contribution < -0.4 is 10.6 Å². The van der Waals surface area contributed by atoms with E-state index >= 15 is 0 Å². The Morgan fingerprint density at radius 1 is 1.71 bits per heavy atom. The number of rotatable bonds is 6. The highest BCUT2D eigenvalue weighted by Crippen LogP contribution is 2.14. The molecule has 2 heterocycles. The summed E-state index contributed by atoms with van der Waals surface area (Å²) >= 11 is 0. The summed E-state index contributed by atoms with van der Waals surface area (Å²) in [5.74, 6) is 0. The van der Waals surface area contributed by atoms with E-state index in [-0.39, 0.29) is 18.2 Å². The maximum Gasteiger partial charge on any atom is 0.319 e. The summed E-state index contributed by atoms with van der Waals surface area (Å²) in [4.78, 5) is 11.8. The van der Waals surface area contributed by atoms with Gasteiger partial charge in [-0.1, -0.05) is 6.92 Å². The molecule has 2 amide bonds. The second-order valence-electron chi connectivity index (χ2n) is 5.15. The Labute approximate surface area is 124 Å². The third-order valence-corrected chi connectivity index (χ3v) is 3.47. The first-order chi connectivity index (χ1) is 10.2. The van der Waals surface area contributed by atoms with Crippen molar-refractivity contribution in [1.29, 1.82) is 5.26 Å². The lowest BCUT2D eigenvalue weighted by atomic mass is 10.2. The van der Waals surface area contributed by atoms with Gasteiger partial charge in [-0.3, -0.25) is 4.68 Å². The molecule has 0 aromatic carbocycles. The average molecular weight is 291 g/mol. The number of anilines is 1. The zero-order chi connectivity index (χ0) is 15.1. The van der Waals surface area contributed by atoms with E-state index in [1.54, 1.807) is 17.1 Å². The summed E-state index contributed by atoms with van der Waals surface area (Å²) in [7, 11) is 0. The molecule has 1 saturated heterocycles. The predicted molar refractivity (Wildman–Crippen MR) is 77.7 cm³/mol. The maximum absolute atomic E-state index is 11.8. The Bertz CT molecular complexity index is 502. The second-order valence-corrected chi connectivity index (χ2v) is 5.15. The molecule has 114 valence electrons. The third-order valence-electron chi connectivity index (χ3n) is 3.47. The molecule has 2 N–H and O–H groups in total. The smallest absolute Gasteiger partial charge is 0.319 e. The van der Waals surface area contributed by atoms with Crippen LogP contribution in [0.2, 0.25) is 0 Å². The van der Waals surface area contributed by atoms with E-state index in [1.165, 1.54) is 0 Å². The van der Waals surface area contributed by atoms with Crippen molar-refractivity contribution in [3.8, 4) is 6.07 Å². The number of carbonyl (C=O) groups is 1. The Morgan fingerprint density at radius 2 is 2.57 bits per heavy atom. The van der Waals surface area contributed by atoms with Crippen molar-refractivity contribution >= 4 is 11.7 Å². The lowest BCUT2D eigenvalue weighted by Crippen LogP contribution is -2.37. The highest BCUT2D eigenvalue weighted by atomic mass is 16.5. The van der Waals surface area contributed by atoms with Crippen LogP contribution in [-0.2, 0) is 11.3 Å². The Balaban J connectivity index is 1.81. The van der Waals surface area contributed by atoms with E-state index in [0.717, 1.165) is 25.9 Å². The van der Waals surface area contributed by atoms with E-state index in [0.29, 0.717) is 18.7 Å². The summed E-state index contributed by atoms with van der Waals surface area (Å²) in [5.41, 5.74) is 0.636. The van der Waals surface area contributed by atoms with Gasteiger partial charge in [0.2, 0.25) is 0 Å². The number of hydrogen-bond donors (Lipinski definition) is 2. The summed E-state index contributed by atoms with van der Waals surface area (Å²) < 4.78 is 7.33. The van der Waals surface area contributed by atoms with Gasteiger partial charge in [-0.05, 0) is 19.3 Å². The van der Waals surface area contributed by atoms with Gasteiger partial charge < -0.3 is 15.4 Å². The zero-order valence-electron chi connectivity index (χ0n) is 12.2. The van der Waals surface area contributed by atoms with Crippen molar-refractivity contribution in [2.24, 2.45) is 0 Å². The number of amides is 2. The molecule has 21 heavy (non-hydrogen) atoms. The first kappa shape index (κ1) is 15.3. The molecule has 0 aliphatic carbocycles. The van der Waals surface area contributed by atoms with E-state index in [9.17, 15) is 4.79 Å². The van der Waals surface area contributed by atoms with Crippen LogP contribution in [0.1, 0.15) is 32.6 Å². The Hall–Kier alpha value is -2.07. The molecule has 2 atom stereocenters. The van der Waals surface area contributed by atoms with Crippen LogP contribution in [0.25, 0.3) is 0 Å². The molecular formula is C14H21N5O2. The predicted octanol–water partition coefficient (Wildman–Crippen LogP) is 1.88. The van der Waals surface area contributed by atoms with Gasteiger partial charge in [0.05, 0.1) is 37.0 Å². The zero-order valence-corrected chi connectivity index (χ0v) is 12.2. The van der Waals surface area contributed by atoms with Crippen molar-refractivity contribution in [2.45, 2.75) is 51.3 Å². The molecule has 0 bridgehead atoms. The van der Waals surface area contributed by atoms with Crippen molar-refractivity contribution in [3.63, 3.8) is 0 Å². The van der Waals surface area contributed by atoms with Crippen molar-refractivity contribution in [3.05, 3.63) is 12.4 Å². The number of urea groups is 1. The first-order valence-corrected chi connectivity index (χ1v) is 7.29. The van der Waals surface area contributed by atoms with E-state index in [2.05, 4.69) is 21.8 Å². The average Bonchev–Trinajstić information content (AvgIpc) is 3.11. The van der Waals surface area contributed by atoms with Gasteiger partial charge in [-0.15, -0.1) is 0 Å². The topological polar surface area (TPSA) is 92.0 Å². The summed E-state index contributed by atoms with van der Waals surface area (Å²) in [6.07, 6.45) is 6.78. The van der Waals surface area contributed by atoms with E-state index < -0.39 is 0 Å². The molecule has 2 rings (SSSR count). The molecule has 0 radical (unpaired) electrons. The van der Waals surface area contributed by atoms with Crippen LogP contribution >= 0.6 is 0 Å². The summed E-state index contributed by atoms with van der Waals surface area (Å²) in [6, 6.07) is 1.62. The Morgan fingerprint density at radius 3 is 3.24 bits per heavy atom. The molecule has 1 aliphatic rings. The van der Waals surface area contributed by atoms with Crippen LogP contribution in [0, 0.1) is 11.3 Å². The van der Waals surface area contributed by atoms with Crippen molar-refractivity contribution in [2.75, 3.05) is 11.9 Å². The minimum atomic E-state index is -0.311. The van der Waals surface area contributed by atoms with Gasteiger partial charge >= 0.3 is 6.03 Å². The van der Waals surface area contributed by atoms with Crippen LogP contribution in [0.15, 0.2) is 12.4 Å². The molecular weight excluding hydrogens is 270 g/mol. The number of aromatic nitrogens is 2. The molecule has 0 spiro atoms. The standard InChI is InChI=1S/C14H21N5O2/c1-2-11(5-6-15)17-14(20)18-12-8-16-19(9-12)10-13-4-3-7-21-13/h8-9,11,13H,2-5,7,10H2,1H3,(H2,17,18,20). The number of ether oxygens (including phenoxy) is 1. The highest BCUT2D eigenvalue weighted by Gasteiger charge is 2.16. The minimum Gasteiger partial charge on any atom is -0.376 e. The lowest BCUT2D eigenvalue weighted by molar-refractivity contribution is 0.0940. The number of nitrogens with one attached hydrogen (secondary N) is 2. The minimum absolute atomic E-state index is 0.128. The quantitative estimate of drug-likeness (QED) is 0.837. The first-order valence-electron chi connectivity index (χ1n) is 7.29. The molecule has 1 fully saturated rings. The van der Waals surface area contributed by atoms with Crippen LogP contribution in [0.3, 0.4) is 0 Å². The maximum atomic E-state index is 11.8. The molecule has 1 aliphatic heterocycles. The van der Waals surface area contributed by atoms with Crippen LogP contribution in [0.4, 0.5) is 10.5 Å². The molecule has 7 nitrogen and oxygen atoms in total. The van der Waals surface area contributed by atoms with E-state index in [1.807, 2.05) is 6.92 Å². The highest BCUT2D eigenvalue weighted by molar-refractivity contribution is 5.89. The number of nitrogens with zero attached hydrogens (tertiary/aromatic N) is 3. The van der Waals surface area contributed by atoms with Crippen molar-refractivity contribution < 1.29 is 9.53 Å². The third kappa shape index (κ3) is 4.76. The SMILES string of the molecule is CCC(CC#N)NC(=O)Nc1cnn(CC2CCCO2)c1. The number of nitriles is 1. The van der Waals surface area contributed by atoms with Gasteiger partial charge in [-0.25, -0.2) is 4.79 Å². The largest absolute Gasteiger partial charge is 0.376 e.